The van der Waals surface area contributed by atoms with Gasteiger partial charge in [0.25, 0.3) is 0 Å². The lowest BCUT2D eigenvalue weighted by Crippen LogP contribution is -2.22. The molecule has 1 rings (SSSR count). The van der Waals surface area contributed by atoms with Crippen LogP contribution in [0.5, 0.6) is 0 Å². The van der Waals surface area contributed by atoms with Gasteiger partial charge in [-0.15, -0.1) is 11.8 Å². The fraction of sp³-hybridized carbons (Fsp3) is 0.500. The van der Waals surface area contributed by atoms with Gasteiger partial charge in [-0.2, -0.15) is 0 Å². The van der Waals surface area contributed by atoms with Crippen molar-refractivity contribution in [3.63, 3.8) is 0 Å². The molecule has 1 nitrogen and oxygen atoms in total. The third-order valence-corrected chi connectivity index (χ3v) is 3.37. The Bertz CT molecular complexity index is 231. The minimum atomic E-state index is 1.12. The highest BCUT2D eigenvalue weighted by atomic mass is 32.2. The minimum absolute atomic E-state index is 1.12. The van der Waals surface area contributed by atoms with Crippen molar-refractivity contribution in [3.05, 3.63) is 35.9 Å². The van der Waals surface area contributed by atoms with Crippen LogP contribution in [0.1, 0.15) is 19.4 Å². The summed E-state index contributed by atoms with van der Waals surface area (Å²) in [7, 11) is 0. The van der Waals surface area contributed by atoms with Crippen LogP contribution in [0.15, 0.2) is 30.3 Å². The van der Waals surface area contributed by atoms with Crippen LogP contribution in [0.3, 0.4) is 0 Å². The molecule has 0 aromatic heterocycles. The fourth-order valence-electron chi connectivity index (χ4n) is 1.27. The van der Waals surface area contributed by atoms with E-state index in [0.29, 0.717) is 0 Å². The van der Waals surface area contributed by atoms with Gasteiger partial charge in [0.15, 0.2) is 0 Å². The van der Waals surface area contributed by atoms with Gasteiger partial charge in [0.05, 0.1) is 0 Å². The molecule has 0 amide bonds. The SMILES string of the molecule is CCN(CC)CSCc1ccccc1. The number of nitrogens with zero attached hydrogens (tertiary/aromatic N) is 1. The number of thioether (sulfide) groups is 1. The second-order valence-corrected chi connectivity index (χ2v) is 4.22. The second-order valence-electron chi connectivity index (χ2n) is 3.27. The molecule has 0 N–H and O–H groups in total. The van der Waals surface area contributed by atoms with Crippen molar-refractivity contribution in [2.75, 3.05) is 19.0 Å². The van der Waals surface area contributed by atoms with Gasteiger partial charge in [0, 0.05) is 11.6 Å². The maximum absolute atomic E-state index is 2.44. The van der Waals surface area contributed by atoms with Crippen LogP contribution in [0, 0.1) is 0 Å². The topological polar surface area (TPSA) is 3.24 Å². The number of hydrogen-bond acceptors (Lipinski definition) is 2. The molecule has 1 aromatic carbocycles. The van der Waals surface area contributed by atoms with Crippen LogP contribution >= 0.6 is 11.8 Å². The minimum Gasteiger partial charge on any atom is -0.295 e. The van der Waals surface area contributed by atoms with Gasteiger partial charge in [0.2, 0.25) is 0 Å². The standard InChI is InChI=1S/C12H19NS/c1-3-13(4-2)11-14-10-12-8-6-5-7-9-12/h5-9H,3-4,10-11H2,1-2H3. The molecule has 0 fully saturated rings. The Labute approximate surface area is 91.5 Å². The third kappa shape index (κ3) is 4.16. The van der Waals surface area contributed by atoms with Crippen molar-refractivity contribution in [1.82, 2.24) is 4.90 Å². The Morgan fingerprint density at radius 2 is 1.71 bits per heavy atom. The molecule has 0 saturated carbocycles. The van der Waals surface area contributed by atoms with E-state index < -0.39 is 0 Å². The molecule has 14 heavy (non-hydrogen) atoms. The number of hydrogen-bond donors (Lipinski definition) is 0. The summed E-state index contributed by atoms with van der Waals surface area (Å²) < 4.78 is 0. The Morgan fingerprint density at radius 1 is 1.07 bits per heavy atom. The highest BCUT2D eigenvalue weighted by Gasteiger charge is 1.98. The zero-order valence-corrected chi connectivity index (χ0v) is 9.89. The van der Waals surface area contributed by atoms with E-state index in [1.54, 1.807) is 0 Å². The summed E-state index contributed by atoms with van der Waals surface area (Å²) in [6.07, 6.45) is 0. The molecule has 0 saturated heterocycles. The summed E-state index contributed by atoms with van der Waals surface area (Å²) in [6.45, 7) is 6.73. The Kier molecular flexibility index (Phi) is 5.72. The fourth-order valence-corrected chi connectivity index (χ4v) is 2.42. The lowest BCUT2D eigenvalue weighted by Gasteiger charge is -2.16. The van der Waals surface area contributed by atoms with E-state index in [0.717, 1.165) is 24.7 Å². The van der Waals surface area contributed by atoms with Gasteiger partial charge in [0.1, 0.15) is 0 Å². The first kappa shape index (κ1) is 11.6. The monoisotopic (exact) mass is 209 g/mol. The Balaban J connectivity index is 2.21. The van der Waals surface area contributed by atoms with Crippen molar-refractivity contribution in [3.8, 4) is 0 Å². The molecule has 1 aromatic rings. The molecule has 0 radical (unpaired) electrons. The van der Waals surface area contributed by atoms with Gasteiger partial charge >= 0.3 is 0 Å². The maximum Gasteiger partial charge on any atom is 0.0447 e. The predicted molar refractivity (Wildman–Crippen MR) is 65.5 cm³/mol. The molecule has 0 aliphatic carbocycles. The van der Waals surface area contributed by atoms with Crippen LogP contribution in [-0.2, 0) is 5.75 Å². The van der Waals surface area contributed by atoms with Crippen molar-refractivity contribution in [2.45, 2.75) is 19.6 Å². The van der Waals surface area contributed by atoms with E-state index in [2.05, 4.69) is 49.1 Å². The molecule has 0 atom stereocenters. The largest absolute Gasteiger partial charge is 0.295 e. The lowest BCUT2D eigenvalue weighted by atomic mass is 10.2. The molecule has 0 unspecified atom stereocenters. The van der Waals surface area contributed by atoms with Crippen molar-refractivity contribution in [2.24, 2.45) is 0 Å². The zero-order valence-electron chi connectivity index (χ0n) is 9.07. The van der Waals surface area contributed by atoms with E-state index in [1.165, 1.54) is 5.56 Å². The zero-order chi connectivity index (χ0) is 10.2. The summed E-state index contributed by atoms with van der Waals surface area (Å²) >= 11 is 1.99. The average molecular weight is 209 g/mol. The molecular formula is C12H19NS. The molecule has 0 spiro atoms. The Morgan fingerprint density at radius 3 is 2.29 bits per heavy atom. The summed E-state index contributed by atoms with van der Waals surface area (Å²) in [5.41, 5.74) is 1.42. The van der Waals surface area contributed by atoms with Gasteiger partial charge in [-0.25, -0.2) is 0 Å². The van der Waals surface area contributed by atoms with Crippen LogP contribution in [0.4, 0.5) is 0 Å². The van der Waals surface area contributed by atoms with Crippen molar-refractivity contribution >= 4 is 11.8 Å². The van der Waals surface area contributed by atoms with E-state index in [-0.39, 0.29) is 0 Å². The lowest BCUT2D eigenvalue weighted by molar-refractivity contribution is 0.358. The van der Waals surface area contributed by atoms with Gasteiger partial charge in [-0.3, -0.25) is 4.90 Å². The summed E-state index contributed by atoms with van der Waals surface area (Å²) in [5, 5.41) is 0. The smallest absolute Gasteiger partial charge is 0.0447 e. The van der Waals surface area contributed by atoms with E-state index in [1.807, 2.05) is 11.8 Å². The van der Waals surface area contributed by atoms with E-state index in [9.17, 15) is 0 Å². The van der Waals surface area contributed by atoms with Gasteiger partial charge in [-0.1, -0.05) is 44.2 Å². The summed E-state index contributed by atoms with van der Waals surface area (Å²) in [5.74, 6) is 2.26. The van der Waals surface area contributed by atoms with Crippen LogP contribution in [0.25, 0.3) is 0 Å². The number of benzene rings is 1. The highest BCUT2D eigenvalue weighted by molar-refractivity contribution is 7.98. The van der Waals surface area contributed by atoms with E-state index >= 15 is 0 Å². The molecule has 78 valence electrons. The van der Waals surface area contributed by atoms with Crippen LogP contribution in [0.2, 0.25) is 0 Å². The predicted octanol–water partition coefficient (Wildman–Crippen LogP) is 3.22. The third-order valence-electron chi connectivity index (χ3n) is 2.28. The molecule has 2 heteroatoms. The second kappa shape index (κ2) is 6.91. The highest BCUT2D eigenvalue weighted by Crippen LogP contribution is 2.12. The molecule has 0 bridgehead atoms. The van der Waals surface area contributed by atoms with Gasteiger partial charge < -0.3 is 0 Å². The molecule has 0 aliphatic rings. The number of rotatable bonds is 6. The Hall–Kier alpha value is -0.470. The van der Waals surface area contributed by atoms with Gasteiger partial charge in [-0.05, 0) is 18.7 Å². The first-order chi connectivity index (χ1) is 6.86. The first-order valence-corrected chi connectivity index (χ1v) is 6.36. The maximum atomic E-state index is 2.44. The molecule has 0 aliphatic heterocycles. The summed E-state index contributed by atoms with van der Waals surface area (Å²) in [6, 6.07) is 10.7. The van der Waals surface area contributed by atoms with Crippen LogP contribution < -0.4 is 0 Å². The van der Waals surface area contributed by atoms with Crippen molar-refractivity contribution < 1.29 is 0 Å². The average Bonchev–Trinajstić information content (AvgIpc) is 2.26. The van der Waals surface area contributed by atoms with Crippen LogP contribution in [-0.4, -0.2) is 23.9 Å². The summed E-state index contributed by atoms with van der Waals surface area (Å²) in [4.78, 5) is 2.44. The van der Waals surface area contributed by atoms with Crippen molar-refractivity contribution in [1.29, 1.82) is 0 Å². The normalized spacial score (nSPS) is 10.8. The molecular weight excluding hydrogens is 190 g/mol. The van der Waals surface area contributed by atoms with E-state index in [4.69, 9.17) is 0 Å². The molecule has 0 heterocycles. The first-order valence-electron chi connectivity index (χ1n) is 5.20. The quantitative estimate of drug-likeness (QED) is 0.662.